The van der Waals surface area contributed by atoms with E-state index >= 15 is 0 Å². The first-order valence-electron chi connectivity index (χ1n) is 7.08. The number of carbonyl (C=O) groups is 1. The maximum Gasteiger partial charge on any atom is 0.325 e. The molecule has 2 N–H and O–H groups in total. The van der Waals surface area contributed by atoms with Crippen molar-refractivity contribution < 1.29 is 9.53 Å². The zero-order valence-corrected chi connectivity index (χ0v) is 13.2. The number of benzene rings is 1. The van der Waals surface area contributed by atoms with Crippen LogP contribution in [0.1, 0.15) is 44.6 Å². The number of hydrogen-bond acceptors (Lipinski definition) is 4. The monoisotopic (exact) mass is 293 g/mol. The third-order valence-electron chi connectivity index (χ3n) is 3.95. The summed E-state index contributed by atoms with van der Waals surface area (Å²) in [6, 6.07) is 8.68. The number of rotatable bonds is 4. The van der Waals surface area contributed by atoms with Crippen LogP contribution in [0.5, 0.6) is 0 Å². The quantitative estimate of drug-likeness (QED) is 0.865. The number of hydrogen-bond donors (Lipinski definition) is 1. The molecule has 0 amide bonds. The van der Waals surface area contributed by atoms with Gasteiger partial charge in [0.15, 0.2) is 0 Å². The molecule has 20 heavy (non-hydrogen) atoms. The molecule has 0 heterocycles. The number of nitrogens with two attached hydrogens (primary N) is 1. The topological polar surface area (TPSA) is 52.3 Å². The van der Waals surface area contributed by atoms with E-state index in [1.807, 2.05) is 11.8 Å². The van der Waals surface area contributed by atoms with Gasteiger partial charge in [0, 0.05) is 10.1 Å². The molecular weight excluding hydrogens is 270 g/mol. The Morgan fingerprint density at radius 1 is 1.40 bits per heavy atom. The molecule has 110 valence electrons. The van der Waals surface area contributed by atoms with Crippen LogP contribution in [0.2, 0.25) is 0 Å². The molecule has 0 radical (unpaired) electrons. The van der Waals surface area contributed by atoms with E-state index < -0.39 is 5.54 Å². The summed E-state index contributed by atoms with van der Waals surface area (Å²) in [7, 11) is 1.40. The lowest BCUT2D eigenvalue weighted by molar-refractivity contribution is -0.146. The maximum atomic E-state index is 11.7. The van der Waals surface area contributed by atoms with E-state index in [9.17, 15) is 4.79 Å². The summed E-state index contributed by atoms with van der Waals surface area (Å²) in [5.74, 6) is 0.271. The van der Waals surface area contributed by atoms with E-state index in [1.54, 1.807) is 0 Å². The lowest BCUT2D eigenvalue weighted by Gasteiger charge is -2.20. The van der Waals surface area contributed by atoms with Crippen molar-refractivity contribution in [1.82, 2.24) is 0 Å². The standard InChI is InChI=1S/C16H23NO2S/c1-11(2)12-4-6-13(7-5-12)20-14-8-9-16(17,10-14)15(18)19-3/h4-7,11,14H,8-10,17H2,1-3H3. The summed E-state index contributed by atoms with van der Waals surface area (Å²) in [5.41, 5.74) is 6.70. The van der Waals surface area contributed by atoms with Crippen LogP contribution >= 0.6 is 11.8 Å². The molecule has 4 heteroatoms. The first-order chi connectivity index (χ1) is 9.44. The van der Waals surface area contributed by atoms with Crippen molar-refractivity contribution in [3.63, 3.8) is 0 Å². The van der Waals surface area contributed by atoms with Gasteiger partial charge in [-0.3, -0.25) is 4.79 Å². The molecule has 0 aliphatic heterocycles. The van der Waals surface area contributed by atoms with Crippen molar-refractivity contribution >= 4 is 17.7 Å². The van der Waals surface area contributed by atoms with Crippen LogP contribution in [-0.2, 0) is 9.53 Å². The minimum Gasteiger partial charge on any atom is -0.468 e. The van der Waals surface area contributed by atoms with E-state index in [-0.39, 0.29) is 5.97 Å². The van der Waals surface area contributed by atoms with E-state index in [2.05, 4.69) is 38.1 Å². The van der Waals surface area contributed by atoms with Crippen LogP contribution in [-0.4, -0.2) is 23.9 Å². The summed E-state index contributed by atoms with van der Waals surface area (Å²) in [6.07, 6.45) is 2.36. The van der Waals surface area contributed by atoms with Gasteiger partial charge in [0.1, 0.15) is 5.54 Å². The number of esters is 1. The fourth-order valence-electron chi connectivity index (χ4n) is 2.64. The minimum absolute atomic E-state index is 0.282. The highest BCUT2D eigenvalue weighted by Gasteiger charge is 2.43. The Morgan fingerprint density at radius 2 is 2.05 bits per heavy atom. The van der Waals surface area contributed by atoms with Crippen molar-refractivity contribution in [2.75, 3.05) is 7.11 Å². The molecule has 2 atom stereocenters. The molecule has 1 fully saturated rings. The lowest BCUT2D eigenvalue weighted by Crippen LogP contribution is -2.46. The van der Waals surface area contributed by atoms with E-state index in [1.165, 1.54) is 17.6 Å². The molecule has 1 aliphatic rings. The SMILES string of the molecule is COC(=O)C1(N)CCC(Sc2ccc(C(C)C)cc2)C1. The molecule has 0 spiro atoms. The lowest BCUT2D eigenvalue weighted by atomic mass is 10.00. The van der Waals surface area contributed by atoms with Gasteiger partial charge in [-0.2, -0.15) is 0 Å². The van der Waals surface area contributed by atoms with Crippen molar-refractivity contribution in [1.29, 1.82) is 0 Å². The first kappa shape index (κ1) is 15.4. The average molecular weight is 293 g/mol. The molecule has 2 unspecified atom stereocenters. The van der Waals surface area contributed by atoms with Gasteiger partial charge in [0.25, 0.3) is 0 Å². The maximum absolute atomic E-state index is 11.7. The second kappa shape index (κ2) is 6.19. The molecule has 1 aliphatic carbocycles. The Bertz CT molecular complexity index is 472. The van der Waals surface area contributed by atoms with Crippen LogP contribution in [0.4, 0.5) is 0 Å². The molecule has 0 aromatic heterocycles. The molecule has 1 saturated carbocycles. The van der Waals surface area contributed by atoms with Crippen molar-refractivity contribution in [2.24, 2.45) is 5.73 Å². The summed E-state index contributed by atoms with van der Waals surface area (Å²) < 4.78 is 4.80. The van der Waals surface area contributed by atoms with Crippen LogP contribution < -0.4 is 5.73 Å². The molecule has 1 aromatic carbocycles. The summed E-state index contributed by atoms with van der Waals surface area (Å²) in [6.45, 7) is 4.39. The van der Waals surface area contributed by atoms with Crippen LogP contribution in [0.25, 0.3) is 0 Å². The molecular formula is C16H23NO2S. The Kier molecular flexibility index (Phi) is 4.76. The smallest absolute Gasteiger partial charge is 0.325 e. The Labute approximate surface area is 125 Å². The summed E-state index contributed by atoms with van der Waals surface area (Å²) in [5, 5.41) is 0.393. The third-order valence-corrected chi connectivity index (χ3v) is 5.23. The van der Waals surface area contributed by atoms with Crippen LogP contribution in [0.3, 0.4) is 0 Å². The van der Waals surface area contributed by atoms with Gasteiger partial charge in [-0.1, -0.05) is 26.0 Å². The molecule has 0 bridgehead atoms. The van der Waals surface area contributed by atoms with Gasteiger partial charge >= 0.3 is 5.97 Å². The third kappa shape index (κ3) is 3.36. The van der Waals surface area contributed by atoms with Gasteiger partial charge < -0.3 is 10.5 Å². The summed E-state index contributed by atoms with van der Waals surface area (Å²) in [4.78, 5) is 12.9. The number of ether oxygens (including phenoxy) is 1. The van der Waals surface area contributed by atoms with Gasteiger partial charge in [0.05, 0.1) is 7.11 Å². The molecule has 1 aromatic rings. The van der Waals surface area contributed by atoms with E-state index in [4.69, 9.17) is 10.5 Å². The highest BCUT2D eigenvalue weighted by Crippen LogP contribution is 2.39. The molecule has 0 saturated heterocycles. The highest BCUT2D eigenvalue weighted by molar-refractivity contribution is 8.00. The van der Waals surface area contributed by atoms with E-state index in [0.29, 0.717) is 24.0 Å². The zero-order valence-electron chi connectivity index (χ0n) is 12.4. The predicted octanol–water partition coefficient (Wildman–Crippen LogP) is 3.33. The molecule has 2 rings (SSSR count). The van der Waals surface area contributed by atoms with Crippen molar-refractivity contribution in [3.8, 4) is 0 Å². The second-order valence-electron chi connectivity index (χ2n) is 5.85. The Balaban J connectivity index is 1.97. The summed E-state index contributed by atoms with van der Waals surface area (Å²) >= 11 is 1.81. The van der Waals surface area contributed by atoms with Gasteiger partial charge in [-0.15, -0.1) is 11.8 Å². The minimum atomic E-state index is -0.787. The largest absolute Gasteiger partial charge is 0.468 e. The highest BCUT2D eigenvalue weighted by atomic mass is 32.2. The number of methoxy groups -OCH3 is 1. The first-order valence-corrected chi connectivity index (χ1v) is 7.96. The number of thioether (sulfide) groups is 1. The van der Waals surface area contributed by atoms with Crippen molar-refractivity contribution in [3.05, 3.63) is 29.8 Å². The molecule has 3 nitrogen and oxygen atoms in total. The van der Waals surface area contributed by atoms with E-state index in [0.717, 1.165) is 6.42 Å². The van der Waals surface area contributed by atoms with Gasteiger partial charge in [-0.05, 0) is 42.9 Å². The fraction of sp³-hybridized carbons (Fsp3) is 0.562. The van der Waals surface area contributed by atoms with Crippen molar-refractivity contribution in [2.45, 2.75) is 54.7 Å². The zero-order chi connectivity index (χ0) is 14.8. The normalized spacial score (nSPS) is 25.9. The van der Waals surface area contributed by atoms with Gasteiger partial charge in [0.2, 0.25) is 0 Å². The number of carbonyl (C=O) groups excluding carboxylic acids is 1. The fourth-order valence-corrected chi connectivity index (χ4v) is 3.94. The second-order valence-corrected chi connectivity index (χ2v) is 7.23. The van der Waals surface area contributed by atoms with Crippen LogP contribution in [0, 0.1) is 0 Å². The van der Waals surface area contributed by atoms with Crippen LogP contribution in [0.15, 0.2) is 29.2 Å². The predicted molar refractivity (Wildman–Crippen MR) is 83.0 cm³/mol. The van der Waals surface area contributed by atoms with Gasteiger partial charge in [-0.25, -0.2) is 0 Å². The Hall–Kier alpha value is -1.00. The Morgan fingerprint density at radius 3 is 2.60 bits per heavy atom. The average Bonchev–Trinajstić information content (AvgIpc) is 2.81.